The van der Waals surface area contributed by atoms with Crippen molar-refractivity contribution in [3.63, 3.8) is 0 Å². The molecule has 2 rings (SSSR count). The average molecular weight is 267 g/mol. The van der Waals surface area contributed by atoms with Crippen LogP contribution in [0.3, 0.4) is 0 Å². The summed E-state index contributed by atoms with van der Waals surface area (Å²) in [5, 5.41) is 11.2. The summed E-state index contributed by atoms with van der Waals surface area (Å²) in [6, 6.07) is 2.61. The maximum atomic E-state index is 13.4. The molecule has 0 heterocycles. The van der Waals surface area contributed by atoms with Gasteiger partial charge in [-0.15, -0.1) is 0 Å². The van der Waals surface area contributed by atoms with E-state index in [1.54, 1.807) is 0 Å². The fraction of sp³-hybridized carbons (Fsp3) is 0.231. The molecule has 2 N–H and O–H groups in total. The Morgan fingerprint density at radius 2 is 1.84 bits per heavy atom. The molecule has 2 atom stereocenters. The van der Waals surface area contributed by atoms with Crippen LogP contribution in [0.15, 0.2) is 30.4 Å². The molecule has 1 aromatic carbocycles. The highest BCUT2D eigenvalue weighted by Crippen LogP contribution is 2.19. The third-order valence-electron chi connectivity index (χ3n) is 2.91. The smallest absolute Gasteiger partial charge is 0.310 e. The van der Waals surface area contributed by atoms with Crippen LogP contribution < -0.4 is 5.32 Å². The first-order chi connectivity index (χ1) is 8.99. The first-order valence-corrected chi connectivity index (χ1v) is 5.65. The number of halogens is 2. The first-order valence-electron chi connectivity index (χ1n) is 5.65. The molecule has 1 aromatic rings. The lowest BCUT2D eigenvalue weighted by atomic mass is 10.1. The summed E-state index contributed by atoms with van der Waals surface area (Å²) in [7, 11) is 0. The second-order valence-electron chi connectivity index (χ2n) is 4.24. The molecule has 0 fully saturated rings. The van der Waals surface area contributed by atoms with Crippen LogP contribution in [0.2, 0.25) is 0 Å². The molecular formula is C13H11F2NO3. The lowest BCUT2D eigenvalue weighted by Crippen LogP contribution is -2.34. The van der Waals surface area contributed by atoms with Gasteiger partial charge in [0.2, 0.25) is 0 Å². The van der Waals surface area contributed by atoms with Crippen LogP contribution in [0.1, 0.15) is 16.8 Å². The van der Waals surface area contributed by atoms with E-state index in [1.165, 1.54) is 12.2 Å². The highest BCUT2D eigenvalue weighted by Gasteiger charge is 2.27. The maximum absolute atomic E-state index is 13.4. The van der Waals surface area contributed by atoms with Crippen molar-refractivity contribution in [3.05, 3.63) is 47.5 Å². The third-order valence-corrected chi connectivity index (χ3v) is 2.91. The van der Waals surface area contributed by atoms with Crippen LogP contribution in [-0.2, 0) is 4.79 Å². The number of carbonyl (C=O) groups excluding carboxylic acids is 1. The monoisotopic (exact) mass is 267 g/mol. The van der Waals surface area contributed by atoms with Crippen LogP contribution in [0, 0.1) is 17.6 Å². The quantitative estimate of drug-likeness (QED) is 0.819. The van der Waals surface area contributed by atoms with Crippen molar-refractivity contribution in [2.75, 3.05) is 0 Å². The van der Waals surface area contributed by atoms with E-state index in [2.05, 4.69) is 5.32 Å². The normalized spacial score (nSPS) is 21.4. The Hall–Kier alpha value is -2.24. The van der Waals surface area contributed by atoms with Crippen molar-refractivity contribution >= 4 is 11.9 Å². The lowest BCUT2D eigenvalue weighted by molar-refractivity contribution is -0.140. The van der Waals surface area contributed by atoms with Crippen LogP contribution in [-0.4, -0.2) is 23.0 Å². The van der Waals surface area contributed by atoms with E-state index in [9.17, 15) is 18.4 Å². The van der Waals surface area contributed by atoms with Gasteiger partial charge >= 0.3 is 5.97 Å². The summed E-state index contributed by atoms with van der Waals surface area (Å²) in [5.74, 6) is -4.47. The summed E-state index contributed by atoms with van der Waals surface area (Å²) in [4.78, 5) is 22.5. The number of rotatable bonds is 3. The minimum atomic E-state index is -0.995. The summed E-state index contributed by atoms with van der Waals surface area (Å²) >= 11 is 0. The molecule has 19 heavy (non-hydrogen) atoms. The number of amides is 1. The van der Waals surface area contributed by atoms with Crippen LogP contribution in [0.5, 0.6) is 0 Å². The van der Waals surface area contributed by atoms with Gasteiger partial charge < -0.3 is 10.4 Å². The van der Waals surface area contributed by atoms with Gasteiger partial charge in [0, 0.05) is 6.04 Å². The number of hydrogen-bond donors (Lipinski definition) is 2. The fourth-order valence-electron chi connectivity index (χ4n) is 1.94. The molecule has 0 spiro atoms. The number of carboxylic acids is 1. The Labute approximate surface area is 107 Å². The van der Waals surface area contributed by atoms with Gasteiger partial charge in [0.1, 0.15) is 17.2 Å². The van der Waals surface area contributed by atoms with Crippen LogP contribution in [0.4, 0.5) is 8.78 Å². The Bertz CT molecular complexity index is 537. The first kappa shape index (κ1) is 13.2. The van der Waals surface area contributed by atoms with Crippen molar-refractivity contribution in [1.29, 1.82) is 0 Å². The van der Waals surface area contributed by atoms with Gasteiger partial charge in [-0.25, -0.2) is 8.78 Å². The van der Waals surface area contributed by atoms with Crippen LogP contribution in [0.25, 0.3) is 0 Å². The van der Waals surface area contributed by atoms with Gasteiger partial charge in [0.05, 0.1) is 5.92 Å². The van der Waals surface area contributed by atoms with E-state index in [4.69, 9.17) is 5.11 Å². The second kappa shape index (κ2) is 5.17. The molecule has 2 unspecified atom stereocenters. The lowest BCUT2D eigenvalue weighted by Gasteiger charge is -2.12. The van der Waals surface area contributed by atoms with E-state index < -0.39 is 41.0 Å². The number of hydrogen-bond acceptors (Lipinski definition) is 2. The van der Waals surface area contributed by atoms with Crippen molar-refractivity contribution in [3.8, 4) is 0 Å². The molecule has 100 valence electrons. The summed E-state index contributed by atoms with van der Waals surface area (Å²) in [6.07, 6.45) is 3.14. The Kier molecular flexibility index (Phi) is 3.59. The number of aliphatic carboxylic acids is 1. The van der Waals surface area contributed by atoms with Gasteiger partial charge in [-0.05, 0) is 18.6 Å². The van der Waals surface area contributed by atoms with E-state index in [0.29, 0.717) is 0 Å². The van der Waals surface area contributed by atoms with E-state index in [-0.39, 0.29) is 6.42 Å². The molecule has 4 nitrogen and oxygen atoms in total. The molecule has 0 saturated heterocycles. The zero-order chi connectivity index (χ0) is 14.0. The van der Waals surface area contributed by atoms with Crippen LogP contribution >= 0.6 is 0 Å². The molecule has 1 aliphatic carbocycles. The average Bonchev–Trinajstić information content (AvgIpc) is 2.77. The van der Waals surface area contributed by atoms with Gasteiger partial charge in [-0.3, -0.25) is 9.59 Å². The molecule has 0 saturated carbocycles. The Morgan fingerprint density at radius 1 is 1.21 bits per heavy atom. The van der Waals surface area contributed by atoms with Gasteiger partial charge in [0.25, 0.3) is 5.91 Å². The maximum Gasteiger partial charge on any atom is 0.310 e. The molecule has 0 radical (unpaired) electrons. The van der Waals surface area contributed by atoms with Crippen molar-refractivity contribution in [2.45, 2.75) is 12.5 Å². The summed E-state index contributed by atoms with van der Waals surface area (Å²) in [5.41, 5.74) is -0.658. The van der Waals surface area contributed by atoms with Gasteiger partial charge in [-0.2, -0.15) is 0 Å². The van der Waals surface area contributed by atoms with Gasteiger partial charge in [-0.1, -0.05) is 18.2 Å². The molecule has 6 heteroatoms. The Morgan fingerprint density at radius 3 is 2.37 bits per heavy atom. The zero-order valence-corrected chi connectivity index (χ0v) is 9.77. The third kappa shape index (κ3) is 2.78. The van der Waals surface area contributed by atoms with Gasteiger partial charge in [0.15, 0.2) is 0 Å². The van der Waals surface area contributed by atoms with Crippen molar-refractivity contribution < 1.29 is 23.5 Å². The molecule has 1 aliphatic rings. The van der Waals surface area contributed by atoms with E-state index in [0.717, 1.165) is 18.2 Å². The minimum absolute atomic E-state index is 0.178. The molecular weight excluding hydrogens is 256 g/mol. The molecule has 0 aromatic heterocycles. The fourth-order valence-corrected chi connectivity index (χ4v) is 1.94. The largest absolute Gasteiger partial charge is 0.481 e. The number of benzene rings is 1. The number of carboxylic acid groups (broad SMARTS) is 1. The summed E-state index contributed by atoms with van der Waals surface area (Å²) in [6.45, 7) is 0. The predicted molar refractivity (Wildman–Crippen MR) is 62.5 cm³/mol. The SMILES string of the molecule is O=C(NC1C=CC(C(=O)O)C1)c1c(F)cccc1F. The summed E-state index contributed by atoms with van der Waals surface area (Å²) < 4.78 is 26.7. The van der Waals surface area contributed by atoms with E-state index in [1.807, 2.05) is 0 Å². The molecule has 0 aliphatic heterocycles. The second-order valence-corrected chi connectivity index (χ2v) is 4.24. The zero-order valence-electron chi connectivity index (χ0n) is 9.77. The van der Waals surface area contributed by atoms with Crippen molar-refractivity contribution in [1.82, 2.24) is 5.32 Å². The minimum Gasteiger partial charge on any atom is -0.481 e. The molecule has 1 amide bonds. The highest BCUT2D eigenvalue weighted by molar-refractivity contribution is 5.95. The number of nitrogens with one attached hydrogen (secondary N) is 1. The Balaban J connectivity index is 2.07. The molecule has 0 bridgehead atoms. The number of carbonyl (C=O) groups is 2. The van der Waals surface area contributed by atoms with Crippen molar-refractivity contribution in [2.24, 2.45) is 5.92 Å². The topological polar surface area (TPSA) is 66.4 Å². The standard InChI is InChI=1S/C13H11F2NO3/c14-9-2-1-3-10(15)11(9)12(17)16-8-5-4-7(6-8)13(18)19/h1-5,7-8H,6H2,(H,16,17)(H,18,19). The predicted octanol–water partition coefficient (Wildman–Crippen LogP) is 1.72. The highest BCUT2D eigenvalue weighted by atomic mass is 19.1. The van der Waals surface area contributed by atoms with E-state index >= 15 is 0 Å².